The third kappa shape index (κ3) is 5.26. The number of methoxy groups -OCH3 is 1. The fourth-order valence-corrected chi connectivity index (χ4v) is 4.87. The lowest BCUT2D eigenvalue weighted by atomic mass is 10.1. The lowest BCUT2D eigenvalue weighted by Gasteiger charge is -2.17. The average molecular weight is 551 g/mol. The zero-order chi connectivity index (χ0) is 28.6. The molecule has 2 amide bonds. The molecule has 0 unspecified atom stereocenters. The minimum Gasteiger partial charge on any atom is -0.453 e. The summed E-state index contributed by atoms with van der Waals surface area (Å²) in [5, 5.41) is 5.60. The summed E-state index contributed by atoms with van der Waals surface area (Å²) in [5.41, 5.74) is 1.29. The molecular weight excluding hydrogens is 522 g/mol. The van der Waals surface area contributed by atoms with Gasteiger partial charge in [-0.15, -0.1) is 0 Å². The highest BCUT2D eigenvalue weighted by Crippen LogP contribution is 2.30. The van der Waals surface area contributed by atoms with Crippen LogP contribution in [-0.2, 0) is 4.74 Å². The van der Waals surface area contributed by atoms with E-state index in [2.05, 4.69) is 35.3 Å². The molecule has 1 fully saturated rings. The van der Waals surface area contributed by atoms with Gasteiger partial charge in [0.05, 0.1) is 30.4 Å². The molecule has 1 aliphatic rings. The van der Waals surface area contributed by atoms with Crippen molar-refractivity contribution in [1.29, 1.82) is 0 Å². The summed E-state index contributed by atoms with van der Waals surface area (Å²) in [5.74, 6) is -0.473. The smallest absolute Gasteiger partial charge is 0.407 e. The topological polar surface area (TPSA) is 127 Å². The van der Waals surface area contributed by atoms with Crippen LogP contribution in [0.5, 0.6) is 0 Å². The molecule has 2 N–H and O–H groups in total. The number of aryl methyl sites for hydroxylation is 1. The summed E-state index contributed by atoms with van der Waals surface area (Å²) in [6.07, 6.45) is 2.50. The predicted octanol–water partition coefficient (Wildman–Crippen LogP) is 4.37. The van der Waals surface area contributed by atoms with Gasteiger partial charge in [-0.3, -0.25) is 4.79 Å². The molecule has 1 aromatic carbocycles. The first kappa shape index (κ1) is 26.9. The van der Waals surface area contributed by atoms with Crippen LogP contribution in [0.2, 0.25) is 0 Å². The zero-order valence-electron chi connectivity index (χ0n) is 22.4. The van der Waals surface area contributed by atoms with Crippen molar-refractivity contribution in [3.05, 3.63) is 59.7 Å². The van der Waals surface area contributed by atoms with Crippen LogP contribution >= 0.6 is 0 Å². The van der Waals surface area contributed by atoms with Crippen LogP contribution in [0, 0.1) is 18.6 Å². The van der Waals surface area contributed by atoms with Crippen molar-refractivity contribution in [2.75, 3.05) is 25.5 Å². The van der Waals surface area contributed by atoms with Crippen molar-refractivity contribution in [2.45, 2.75) is 39.3 Å². The molecule has 13 heteroatoms. The third-order valence-corrected chi connectivity index (χ3v) is 6.69. The number of benzene rings is 1. The van der Waals surface area contributed by atoms with Crippen LogP contribution in [-0.4, -0.2) is 67.6 Å². The molecule has 1 aliphatic heterocycles. The molecule has 4 aromatic rings. The van der Waals surface area contributed by atoms with Crippen molar-refractivity contribution in [2.24, 2.45) is 0 Å². The van der Waals surface area contributed by atoms with Gasteiger partial charge in [0, 0.05) is 30.9 Å². The maximum absolute atomic E-state index is 15.0. The Labute approximate surface area is 228 Å². The van der Waals surface area contributed by atoms with Crippen LogP contribution in [0.15, 0.2) is 36.7 Å². The van der Waals surface area contributed by atoms with Crippen LogP contribution in [0.3, 0.4) is 0 Å². The van der Waals surface area contributed by atoms with Crippen molar-refractivity contribution >= 4 is 34.8 Å². The number of likely N-dealkylation sites (tertiary alicyclic amines) is 1. The minimum absolute atomic E-state index is 0.0245. The van der Waals surface area contributed by atoms with Gasteiger partial charge in [-0.2, -0.15) is 0 Å². The highest BCUT2D eigenvalue weighted by atomic mass is 19.1. The number of hydrogen-bond acceptors (Lipinski definition) is 8. The molecule has 0 radical (unpaired) electrons. The predicted molar refractivity (Wildman–Crippen MR) is 143 cm³/mol. The SMILES string of the molecule is COC(=O)N[C@H]1CCN(C(=O)c2ccc(Nc3ncc(F)c(-c4cc(F)c5nc(C)n(C(C)C)c5c4)n3)nc2)C1. The zero-order valence-corrected chi connectivity index (χ0v) is 22.4. The molecule has 1 saturated heterocycles. The van der Waals surface area contributed by atoms with Crippen LogP contribution in [0.4, 0.5) is 25.3 Å². The first-order valence-corrected chi connectivity index (χ1v) is 12.7. The molecule has 208 valence electrons. The molecule has 0 saturated carbocycles. The number of carbonyl (C=O) groups is 2. The Kier molecular flexibility index (Phi) is 7.28. The van der Waals surface area contributed by atoms with Gasteiger partial charge >= 0.3 is 6.09 Å². The quantitative estimate of drug-likeness (QED) is 0.362. The van der Waals surface area contributed by atoms with Crippen LogP contribution < -0.4 is 10.6 Å². The molecule has 40 heavy (non-hydrogen) atoms. The standard InChI is InChI=1S/C27H28F2N8O3/c1-14(2)37-15(3)32-24-19(28)9-17(10-21(24)37)23-20(29)12-31-26(35-23)34-22-6-5-16(11-30-22)25(38)36-8-7-18(13-36)33-27(39)40-4/h5-6,9-12,14,18H,7-8,13H2,1-4H3,(H,33,39)(H,30,31,34,35)/t18-/m0/s1. The maximum atomic E-state index is 15.0. The molecule has 11 nitrogen and oxygen atoms in total. The van der Waals surface area contributed by atoms with Gasteiger partial charge in [0.1, 0.15) is 22.9 Å². The van der Waals surface area contributed by atoms with Crippen molar-refractivity contribution in [3.8, 4) is 11.3 Å². The number of amides is 2. The Morgan fingerprint density at radius 2 is 1.90 bits per heavy atom. The summed E-state index contributed by atoms with van der Waals surface area (Å²) >= 11 is 0. The van der Waals surface area contributed by atoms with Crippen LogP contribution in [0.25, 0.3) is 22.3 Å². The molecule has 1 atom stereocenters. The fraction of sp³-hybridized carbons (Fsp3) is 0.333. The van der Waals surface area contributed by atoms with E-state index in [0.29, 0.717) is 42.2 Å². The maximum Gasteiger partial charge on any atom is 0.407 e. The second-order valence-electron chi connectivity index (χ2n) is 9.77. The molecule has 0 bridgehead atoms. The fourth-order valence-electron chi connectivity index (χ4n) is 4.87. The van der Waals surface area contributed by atoms with Gasteiger partial charge in [0.15, 0.2) is 11.6 Å². The van der Waals surface area contributed by atoms with Crippen molar-refractivity contribution in [1.82, 2.24) is 34.7 Å². The van der Waals surface area contributed by atoms with E-state index in [1.165, 1.54) is 19.4 Å². The number of nitrogens with one attached hydrogen (secondary N) is 2. The van der Waals surface area contributed by atoms with Crippen LogP contribution in [0.1, 0.15) is 42.5 Å². The monoisotopic (exact) mass is 550 g/mol. The number of imidazole rings is 1. The number of fused-ring (bicyclic) bond motifs is 1. The van der Waals surface area contributed by atoms with Gasteiger partial charge in [0.2, 0.25) is 5.95 Å². The van der Waals surface area contributed by atoms with E-state index in [-0.39, 0.29) is 40.7 Å². The van der Waals surface area contributed by atoms with Gasteiger partial charge in [-0.05, 0) is 51.5 Å². The number of rotatable bonds is 6. The Bertz CT molecular complexity index is 1590. The van der Waals surface area contributed by atoms with E-state index in [4.69, 9.17) is 0 Å². The van der Waals surface area contributed by atoms with E-state index in [1.54, 1.807) is 30.0 Å². The van der Waals surface area contributed by atoms with Crippen molar-refractivity contribution in [3.63, 3.8) is 0 Å². The number of pyridine rings is 1. The van der Waals surface area contributed by atoms with Gasteiger partial charge in [0.25, 0.3) is 5.91 Å². The number of carbonyl (C=O) groups excluding carboxylic acids is 2. The summed E-state index contributed by atoms with van der Waals surface area (Å²) in [6.45, 7) is 6.57. The van der Waals surface area contributed by atoms with E-state index < -0.39 is 17.7 Å². The van der Waals surface area contributed by atoms with E-state index in [0.717, 1.165) is 6.20 Å². The number of nitrogens with zero attached hydrogens (tertiary/aromatic N) is 6. The number of aromatic nitrogens is 5. The number of alkyl carbamates (subject to hydrolysis) is 1. The first-order valence-electron chi connectivity index (χ1n) is 12.7. The Morgan fingerprint density at radius 3 is 2.60 bits per heavy atom. The Morgan fingerprint density at radius 1 is 1.10 bits per heavy atom. The molecule has 5 rings (SSSR count). The second-order valence-corrected chi connectivity index (χ2v) is 9.77. The average Bonchev–Trinajstić information content (AvgIpc) is 3.53. The number of anilines is 2. The minimum atomic E-state index is -0.712. The number of hydrogen-bond donors (Lipinski definition) is 2. The van der Waals surface area contributed by atoms with E-state index in [1.807, 2.05) is 18.4 Å². The van der Waals surface area contributed by atoms with Crippen molar-refractivity contribution < 1.29 is 23.1 Å². The number of ether oxygens (including phenoxy) is 1. The first-order chi connectivity index (χ1) is 19.1. The normalized spacial score (nSPS) is 15.1. The van der Waals surface area contributed by atoms with Gasteiger partial charge < -0.3 is 24.8 Å². The highest BCUT2D eigenvalue weighted by Gasteiger charge is 2.28. The third-order valence-electron chi connectivity index (χ3n) is 6.69. The lowest BCUT2D eigenvalue weighted by Crippen LogP contribution is -2.38. The second kappa shape index (κ2) is 10.8. The number of halogens is 2. The molecule has 0 aliphatic carbocycles. The summed E-state index contributed by atoms with van der Waals surface area (Å²) < 4.78 is 36.3. The molecule has 3 aromatic heterocycles. The van der Waals surface area contributed by atoms with E-state index in [9.17, 15) is 18.4 Å². The largest absolute Gasteiger partial charge is 0.453 e. The summed E-state index contributed by atoms with van der Waals surface area (Å²) in [6, 6.07) is 5.89. The van der Waals surface area contributed by atoms with Gasteiger partial charge in [-0.1, -0.05) is 0 Å². The summed E-state index contributed by atoms with van der Waals surface area (Å²) in [4.78, 5) is 42.8. The Hall–Kier alpha value is -4.68. The van der Waals surface area contributed by atoms with E-state index >= 15 is 0 Å². The highest BCUT2D eigenvalue weighted by molar-refractivity contribution is 5.94. The molecule has 4 heterocycles. The molecule has 0 spiro atoms. The molecular formula is C27H28F2N8O3. The summed E-state index contributed by atoms with van der Waals surface area (Å²) in [7, 11) is 1.29. The van der Waals surface area contributed by atoms with Gasteiger partial charge in [-0.25, -0.2) is 33.5 Å². The lowest BCUT2D eigenvalue weighted by molar-refractivity contribution is 0.0787. The Balaban J connectivity index is 1.33.